The van der Waals surface area contributed by atoms with Crippen molar-refractivity contribution in [2.24, 2.45) is 0 Å². The van der Waals surface area contributed by atoms with Gasteiger partial charge in [-0.1, -0.05) is 44.2 Å². The summed E-state index contributed by atoms with van der Waals surface area (Å²) in [7, 11) is 0. The average Bonchev–Trinajstić information content (AvgIpc) is 2.95. The van der Waals surface area contributed by atoms with Crippen LogP contribution < -0.4 is 5.32 Å². The van der Waals surface area contributed by atoms with Crippen molar-refractivity contribution < 1.29 is 4.79 Å². The molecule has 3 rings (SSSR count). The molecule has 0 saturated heterocycles. The molecule has 106 valence electrons. The number of nitrogens with one attached hydrogen (secondary N) is 2. The molecule has 4 heteroatoms. The lowest BCUT2D eigenvalue weighted by molar-refractivity contribution is 0.102. The fourth-order valence-corrected chi connectivity index (χ4v) is 2.22. The van der Waals surface area contributed by atoms with E-state index < -0.39 is 0 Å². The van der Waals surface area contributed by atoms with Crippen LogP contribution >= 0.6 is 0 Å². The highest BCUT2D eigenvalue weighted by atomic mass is 16.1. The zero-order valence-electron chi connectivity index (χ0n) is 12.1. The van der Waals surface area contributed by atoms with E-state index in [1.54, 1.807) is 0 Å². The molecule has 0 spiro atoms. The van der Waals surface area contributed by atoms with Crippen molar-refractivity contribution in [1.29, 1.82) is 0 Å². The standard InChI is InChI=1S/C17H17N3O/c1-11(2)15-10-16(20-19-15)18-17(21)14-8-7-12-5-3-4-6-13(12)9-14/h3-11H,1-2H3,(H2,18,19,20,21). The minimum absolute atomic E-state index is 0.150. The summed E-state index contributed by atoms with van der Waals surface area (Å²) in [4.78, 5) is 12.3. The molecular weight excluding hydrogens is 262 g/mol. The number of carbonyl (C=O) groups is 1. The lowest BCUT2D eigenvalue weighted by atomic mass is 10.1. The topological polar surface area (TPSA) is 57.8 Å². The van der Waals surface area contributed by atoms with Gasteiger partial charge in [0.05, 0.1) is 0 Å². The number of hydrogen-bond acceptors (Lipinski definition) is 2. The summed E-state index contributed by atoms with van der Waals surface area (Å²) in [6, 6.07) is 15.5. The molecule has 0 bridgehead atoms. The molecule has 1 heterocycles. The summed E-state index contributed by atoms with van der Waals surface area (Å²) in [5.74, 6) is 0.753. The van der Waals surface area contributed by atoms with Gasteiger partial charge in [-0.2, -0.15) is 5.10 Å². The predicted octanol–water partition coefficient (Wildman–Crippen LogP) is 3.94. The zero-order chi connectivity index (χ0) is 14.8. The van der Waals surface area contributed by atoms with E-state index in [0.29, 0.717) is 17.3 Å². The third-order valence-corrected chi connectivity index (χ3v) is 3.47. The van der Waals surface area contributed by atoms with Crippen molar-refractivity contribution in [3.05, 3.63) is 59.8 Å². The molecule has 0 radical (unpaired) electrons. The first-order valence-electron chi connectivity index (χ1n) is 6.99. The van der Waals surface area contributed by atoms with Gasteiger partial charge in [0.2, 0.25) is 0 Å². The SMILES string of the molecule is CC(C)c1cc(NC(=O)c2ccc3ccccc3c2)n[nH]1. The van der Waals surface area contributed by atoms with Crippen molar-refractivity contribution in [3.8, 4) is 0 Å². The van der Waals surface area contributed by atoms with Crippen LogP contribution in [0.25, 0.3) is 10.8 Å². The van der Waals surface area contributed by atoms with E-state index in [-0.39, 0.29) is 5.91 Å². The molecular formula is C17H17N3O. The van der Waals surface area contributed by atoms with Gasteiger partial charge in [0.25, 0.3) is 5.91 Å². The number of anilines is 1. The van der Waals surface area contributed by atoms with Gasteiger partial charge in [-0.25, -0.2) is 0 Å². The summed E-state index contributed by atoms with van der Waals surface area (Å²) >= 11 is 0. The third kappa shape index (κ3) is 2.79. The summed E-state index contributed by atoms with van der Waals surface area (Å²) in [6.07, 6.45) is 0. The molecule has 0 fully saturated rings. The highest BCUT2D eigenvalue weighted by Gasteiger charge is 2.10. The molecule has 0 aliphatic carbocycles. The lowest BCUT2D eigenvalue weighted by Crippen LogP contribution is -2.12. The van der Waals surface area contributed by atoms with Crippen LogP contribution in [-0.4, -0.2) is 16.1 Å². The van der Waals surface area contributed by atoms with Crippen molar-refractivity contribution in [1.82, 2.24) is 10.2 Å². The first-order valence-corrected chi connectivity index (χ1v) is 6.99. The summed E-state index contributed by atoms with van der Waals surface area (Å²) in [5, 5.41) is 12.0. The monoisotopic (exact) mass is 279 g/mol. The second-order valence-electron chi connectivity index (χ2n) is 5.38. The Bertz CT molecular complexity index is 789. The maximum absolute atomic E-state index is 12.3. The number of amides is 1. The van der Waals surface area contributed by atoms with Crippen LogP contribution in [0.4, 0.5) is 5.82 Å². The zero-order valence-corrected chi connectivity index (χ0v) is 12.1. The Balaban J connectivity index is 1.82. The van der Waals surface area contributed by atoms with Crippen LogP contribution in [0.5, 0.6) is 0 Å². The van der Waals surface area contributed by atoms with Crippen LogP contribution in [0.15, 0.2) is 48.5 Å². The molecule has 2 aromatic carbocycles. The molecule has 0 aliphatic rings. The van der Waals surface area contributed by atoms with Gasteiger partial charge >= 0.3 is 0 Å². The molecule has 0 aliphatic heterocycles. The summed E-state index contributed by atoms with van der Waals surface area (Å²) in [6.45, 7) is 4.14. The van der Waals surface area contributed by atoms with Crippen molar-refractivity contribution in [2.75, 3.05) is 5.32 Å². The van der Waals surface area contributed by atoms with Gasteiger partial charge in [-0.15, -0.1) is 0 Å². The second-order valence-corrected chi connectivity index (χ2v) is 5.38. The molecule has 4 nitrogen and oxygen atoms in total. The molecule has 1 aromatic heterocycles. The number of hydrogen-bond donors (Lipinski definition) is 2. The minimum atomic E-state index is -0.150. The average molecular weight is 279 g/mol. The van der Waals surface area contributed by atoms with Crippen LogP contribution in [0.1, 0.15) is 35.8 Å². The van der Waals surface area contributed by atoms with E-state index in [0.717, 1.165) is 16.5 Å². The number of rotatable bonds is 3. The van der Waals surface area contributed by atoms with Crippen molar-refractivity contribution in [2.45, 2.75) is 19.8 Å². The number of aromatic nitrogens is 2. The number of nitrogens with zero attached hydrogens (tertiary/aromatic N) is 1. The Labute approximate surface area is 123 Å². The molecule has 1 amide bonds. The molecule has 0 atom stereocenters. The maximum atomic E-state index is 12.3. The molecule has 3 aromatic rings. The number of carbonyl (C=O) groups excluding carboxylic acids is 1. The van der Waals surface area contributed by atoms with E-state index in [2.05, 4.69) is 29.4 Å². The minimum Gasteiger partial charge on any atom is -0.305 e. The highest BCUT2D eigenvalue weighted by molar-refractivity contribution is 6.06. The highest BCUT2D eigenvalue weighted by Crippen LogP contribution is 2.18. The van der Waals surface area contributed by atoms with E-state index in [9.17, 15) is 4.79 Å². The summed E-state index contributed by atoms with van der Waals surface area (Å²) in [5.41, 5.74) is 1.63. The predicted molar refractivity (Wildman–Crippen MR) is 84.6 cm³/mol. The maximum Gasteiger partial charge on any atom is 0.256 e. The Kier molecular flexibility index (Phi) is 3.44. The van der Waals surface area contributed by atoms with Crippen molar-refractivity contribution in [3.63, 3.8) is 0 Å². The number of fused-ring (bicyclic) bond motifs is 1. The van der Waals surface area contributed by atoms with Gasteiger partial charge in [0.15, 0.2) is 5.82 Å². The van der Waals surface area contributed by atoms with E-state index in [1.807, 2.05) is 48.5 Å². The Morgan fingerprint density at radius 1 is 1.10 bits per heavy atom. The number of H-pyrrole nitrogens is 1. The van der Waals surface area contributed by atoms with Crippen LogP contribution in [-0.2, 0) is 0 Å². The molecule has 2 N–H and O–H groups in total. The third-order valence-electron chi connectivity index (χ3n) is 3.47. The number of benzene rings is 2. The van der Waals surface area contributed by atoms with Crippen LogP contribution in [0.3, 0.4) is 0 Å². The van der Waals surface area contributed by atoms with Gasteiger partial charge in [0, 0.05) is 17.3 Å². The first-order chi connectivity index (χ1) is 10.1. The number of aromatic amines is 1. The quantitative estimate of drug-likeness (QED) is 0.763. The fourth-order valence-electron chi connectivity index (χ4n) is 2.22. The van der Waals surface area contributed by atoms with Gasteiger partial charge in [-0.3, -0.25) is 9.89 Å². The lowest BCUT2D eigenvalue weighted by Gasteiger charge is -2.04. The second kappa shape index (κ2) is 5.40. The first kappa shape index (κ1) is 13.4. The smallest absolute Gasteiger partial charge is 0.256 e. The van der Waals surface area contributed by atoms with E-state index in [1.165, 1.54) is 0 Å². The Hall–Kier alpha value is -2.62. The van der Waals surface area contributed by atoms with Crippen LogP contribution in [0, 0.1) is 0 Å². The van der Waals surface area contributed by atoms with Gasteiger partial charge < -0.3 is 5.32 Å². The van der Waals surface area contributed by atoms with E-state index >= 15 is 0 Å². The van der Waals surface area contributed by atoms with Gasteiger partial charge in [0.1, 0.15) is 0 Å². The Morgan fingerprint density at radius 3 is 2.57 bits per heavy atom. The van der Waals surface area contributed by atoms with Crippen molar-refractivity contribution >= 4 is 22.5 Å². The largest absolute Gasteiger partial charge is 0.305 e. The normalized spacial score (nSPS) is 11.0. The van der Waals surface area contributed by atoms with Crippen LogP contribution in [0.2, 0.25) is 0 Å². The molecule has 0 saturated carbocycles. The summed E-state index contributed by atoms with van der Waals surface area (Å²) < 4.78 is 0. The van der Waals surface area contributed by atoms with Gasteiger partial charge in [-0.05, 0) is 28.8 Å². The fraction of sp³-hybridized carbons (Fsp3) is 0.176. The Morgan fingerprint density at radius 2 is 1.86 bits per heavy atom. The van der Waals surface area contributed by atoms with E-state index in [4.69, 9.17) is 0 Å². The molecule has 0 unspecified atom stereocenters. The molecule has 21 heavy (non-hydrogen) atoms.